The van der Waals surface area contributed by atoms with E-state index in [4.69, 9.17) is 10.5 Å². The lowest BCUT2D eigenvalue weighted by molar-refractivity contribution is 0.410. The summed E-state index contributed by atoms with van der Waals surface area (Å²) in [5, 5.41) is 0. The minimum Gasteiger partial charge on any atom is -0.497 e. The molecule has 1 unspecified atom stereocenters. The molecule has 1 atom stereocenters. The van der Waals surface area contributed by atoms with E-state index in [2.05, 4.69) is 50.2 Å². The number of nitrogens with two attached hydrogens (primary N) is 1. The monoisotopic (exact) mass is 283 g/mol. The van der Waals surface area contributed by atoms with Crippen LogP contribution in [0.3, 0.4) is 0 Å². The first kappa shape index (κ1) is 15.6. The topological polar surface area (TPSA) is 35.2 Å². The van der Waals surface area contributed by atoms with Gasteiger partial charge < -0.3 is 10.5 Å². The van der Waals surface area contributed by atoms with E-state index in [-0.39, 0.29) is 5.41 Å². The maximum Gasteiger partial charge on any atom is 0.119 e. The summed E-state index contributed by atoms with van der Waals surface area (Å²) in [7, 11) is 1.70. The number of ether oxygens (including phenoxy) is 1. The predicted molar refractivity (Wildman–Crippen MR) is 88.9 cm³/mol. The van der Waals surface area contributed by atoms with Gasteiger partial charge in [0.25, 0.3) is 0 Å². The summed E-state index contributed by atoms with van der Waals surface area (Å²) < 4.78 is 5.33. The molecule has 2 aromatic rings. The van der Waals surface area contributed by atoms with E-state index in [1.165, 1.54) is 16.7 Å². The molecule has 0 aromatic heterocycles. The molecule has 0 spiro atoms. The SMILES string of the molecule is CCc1ccc(CC(C)(CN)c2cccc(OC)c2)cc1. The third kappa shape index (κ3) is 3.64. The molecule has 2 nitrogen and oxygen atoms in total. The molecule has 0 heterocycles. The molecule has 0 amide bonds. The van der Waals surface area contributed by atoms with Crippen LogP contribution < -0.4 is 10.5 Å². The molecule has 0 fully saturated rings. The average molecular weight is 283 g/mol. The van der Waals surface area contributed by atoms with E-state index < -0.39 is 0 Å². The molecular weight excluding hydrogens is 258 g/mol. The quantitative estimate of drug-likeness (QED) is 0.877. The summed E-state index contributed by atoms with van der Waals surface area (Å²) in [6.45, 7) is 5.00. The molecule has 0 aliphatic heterocycles. The van der Waals surface area contributed by atoms with Gasteiger partial charge in [-0.3, -0.25) is 0 Å². The molecule has 2 heteroatoms. The molecule has 0 radical (unpaired) electrons. The Hall–Kier alpha value is -1.80. The fourth-order valence-corrected chi connectivity index (χ4v) is 2.63. The van der Waals surface area contributed by atoms with E-state index in [0.717, 1.165) is 18.6 Å². The molecule has 21 heavy (non-hydrogen) atoms. The fourth-order valence-electron chi connectivity index (χ4n) is 2.63. The Morgan fingerprint density at radius 1 is 1.05 bits per heavy atom. The van der Waals surface area contributed by atoms with Crippen LogP contribution in [0.25, 0.3) is 0 Å². The van der Waals surface area contributed by atoms with E-state index in [9.17, 15) is 0 Å². The Morgan fingerprint density at radius 3 is 2.29 bits per heavy atom. The smallest absolute Gasteiger partial charge is 0.119 e. The lowest BCUT2D eigenvalue weighted by atomic mass is 9.77. The number of benzene rings is 2. The van der Waals surface area contributed by atoms with Crippen molar-refractivity contribution in [2.45, 2.75) is 32.1 Å². The standard InChI is InChI=1S/C19H25NO/c1-4-15-8-10-16(11-9-15)13-19(2,14-20)17-6-5-7-18(12-17)21-3/h5-12H,4,13-14,20H2,1-3H3. The third-order valence-electron chi connectivity index (χ3n) is 4.24. The third-order valence-corrected chi connectivity index (χ3v) is 4.24. The van der Waals surface area contributed by atoms with Gasteiger partial charge in [0.05, 0.1) is 7.11 Å². The second kappa shape index (κ2) is 6.77. The van der Waals surface area contributed by atoms with Gasteiger partial charge in [-0.05, 0) is 41.7 Å². The summed E-state index contributed by atoms with van der Waals surface area (Å²) in [6, 6.07) is 17.1. The van der Waals surface area contributed by atoms with Crippen LogP contribution in [-0.4, -0.2) is 13.7 Å². The van der Waals surface area contributed by atoms with Crippen molar-refractivity contribution >= 4 is 0 Å². The van der Waals surface area contributed by atoms with Gasteiger partial charge >= 0.3 is 0 Å². The minimum atomic E-state index is -0.0811. The zero-order valence-electron chi connectivity index (χ0n) is 13.2. The highest BCUT2D eigenvalue weighted by Gasteiger charge is 2.25. The molecule has 2 N–H and O–H groups in total. The van der Waals surface area contributed by atoms with Crippen LogP contribution >= 0.6 is 0 Å². The van der Waals surface area contributed by atoms with Crippen LogP contribution in [0.5, 0.6) is 5.75 Å². The minimum absolute atomic E-state index is 0.0811. The van der Waals surface area contributed by atoms with Crippen LogP contribution in [0.1, 0.15) is 30.5 Å². The molecule has 0 saturated heterocycles. The molecular formula is C19H25NO. The molecule has 0 aliphatic rings. The van der Waals surface area contributed by atoms with E-state index >= 15 is 0 Å². The number of hydrogen-bond donors (Lipinski definition) is 1. The van der Waals surface area contributed by atoms with Crippen molar-refractivity contribution in [2.75, 3.05) is 13.7 Å². The molecule has 2 rings (SSSR count). The van der Waals surface area contributed by atoms with E-state index in [1.54, 1.807) is 7.11 Å². The van der Waals surface area contributed by atoms with E-state index in [0.29, 0.717) is 6.54 Å². The first-order chi connectivity index (χ1) is 10.1. The van der Waals surface area contributed by atoms with Crippen LogP contribution in [0.15, 0.2) is 48.5 Å². The van der Waals surface area contributed by atoms with Gasteiger partial charge in [0.15, 0.2) is 0 Å². The van der Waals surface area contributed by atoms with Crippen molar-refractivity contribution in [3.05, 3.63) is 65.2 Å². The number of methoxy groups -OCH3 is 1. The Kier molecular flexibility index (Phi) is 5.03. The van der Waals surface area contributed by atoms with Crippen LogP contribution in [0.4, 0.5) is 0 Å². The fraction of sp³-hybridized carbons (Fsp3) is 0.368. The van der Waals surface area contributed by atoms with Crippen molar-refractivity contribution in [2.24, 2.45) is 5.73 Å². The lowest BCUT2D eigenvalue weighted by Gasteiger charge is -2.29. The maximum absolute atomic E-state index is 6.09. The van der Waals surface area contributed by atoms with Crippen molar-refractivity contribution < 1.29 is 4.74 Å². The zero-order valence-corrected chi connectivity index (χ0v) is 13.2. The van der Waals surface area contributed by atoms with Crippen molar-refractivity contribution in [1.82, 2.24) is 0 Å². The molecule has 112 valence electrons. The molecule has 0 bridgehead atoms. The van der Waals surface area contributed by atoms with Gasteiger partial charge in [0, 0.05) is 12.0 Å². The van der Waals surface area contributed by atoms with Gasteiger partial charge in [-0.15, -0.1) is 0 Å². The summed E-state index contributed by atoms with van der Waals surface area (Å²) in [5.74, 6) is 0.883. The van der Waals surface area contributed by atoms with Crippen LogP contribution in [0.2, 0.25) is 0 Å². The average Bonchev–Trinajstić information content (AvgIpc) is 2.55. The summed E-state index contributed by atoms with van der Waals surface area (Å²) in [4.78, 5) is 0. The second-order valence-corrected chi connectivity index (χ2v) is 5.84. The first-order valence-electron chi connectivity index (χ1n) is 7.53. The predicted octanol–water partition coefficient (Wildman–Crippen LogP) is 3.72. The Balaban J connectivity index is 2.26. The van der Waals surface area contributed by atoms with Crippen molar-refractivity contribution in [3.8, 4) is 5.75 Å². The number of hydrogen-bond acceptors (Lipinski definition) is 2. The normalized spacial score (nSPS) is 13.7. The first-order valence-corrected chi connectivity index (χ1v) is 7.53. The lowest BCUT2D eigenvalue weighted by Crippen LogP contribution is -2.34. The number of rotatable bonds is 6. The van der Waals surface area contributed by atoms with Crippen LogP contribution in [-0.2, 0) is 18.3 Å². The highest BCUT2D eigenvalue weighted by molar-refractivity contribution is 5.36. The van der Waals surface area contributed by atoms with Crippen molar-refractivity contribution in [1.29, 1.82) is 0 Å². The summed E-state index contributed by atoms with van der Waals surface area (Å²) in [5.41, 5.74) is 9.93. The van der Waals surface area contributed by atoms with Crippen molar-refractivity contribution in [3.63, 3.8) is 0 Å². The Bertz CT molecular complexity index is 576. The van der Waals surface area contributed by atoms with Gasteiger partial charge in [-0.2, -0.15) is 0 Å². The maximum atomic E-state index is 6.09. The molecule has 0 aliphatic carbocycles. The molecule has 2 aromatic carbocycles. The Labute approximate surface area is 127 Å². The second-order valence-electron chi connectivity index (χ2n) is 5.84. The van der Waals surface area contributed by atoms with E-state index in [1.807, 2.05) is 12.1 Å². The number of aryl methyl sites for hydroxylation is 1. The van der Waals surface area contributed by atoms with Gasteiger partial charge in [-0.25, -0.2) is 0 Å². The zero-order chi connectivity index (χ0) is 15.3. The van der Waals surface area contributed by atoms with Gasteiger partial charge in [0.1, 0.15) is 5.75 Å². The van der Waals surface area contributed by atoms with Gasteiger partial charge in [0.2, 0.25) is 0 Å². The highest BCUT2D eigenvalue weighted by Crippen LogP contribution is 2.29. The van der Waals surface area contributed by atoms with Crippen LogP contribution in [0, 0.1) is 0 Å². The van der Waals surface area contributed by atoms with Gasteiger partial charge in [-0.1, -0.05) is 50.2 Å². The summed E-state index contributed by atoms with van der Waals surface area (Å²) in [6.07, 6.45) is 2.00. The highest BCUT2D eigenvalue weighted by atomic mass is 16.5. The largest absolute Gasteiger partial charge is 0.497 e. The molecule has 0 saturated carbocycles. The summed E-state index contributed by atoms with van der Waals surface area (Å²) >= 11 is 0. The Morgan fingerprint density at radius 2 is 1.71 bits per heavy atom.